The largest absolute Gasteiger partial charge is 0.393 e. The fraction of sp³-hybridized carbons (Fsp3) is 0.667. The van der Waals surface area contributed by atoms with Crippen LogP contribution in [0, 0.1) is 11.3 Å². The van der Waals surface area contributed by atoms with E-state index in [1.165, 1.54) is 6.34 Å². The molecule has 1 amide bonds. The smallest absolute Gasteiger partial charge is 0.235 e. The van der Waals surface area contributed by atoms with E-state index in [-0.39, 0.29) is 17.9 Å². The monoisotopic (exact) mass is 323 g/mol. The Hall–Kier alpha value is -1.34. The normalized spacial score (nSPS) is 30.2. The van der Waals surface area contributed by atoms with Crippen LogP contribution in [-0.2, 0) is 9.59 Å². The third-order valence-corrected chi connectivity index (χ3v) is 6.27. The Labute approximate surface area is 134 Å². The van der Waals surface area contributed by atoms with Gasteiger partial charge in [-0.2, -0.15) is 0 Å². The van der Waals surface area contributed by atoms with Crippen LogP contribution in [0.3, 0.4) is 0 Å². The molecule has 3 heterocycles. The molecule has 2 N–H and O–H groups in total. The van der Waals surface area contributed by atoms with Crippen LogP contribution in [0.5, 0.6) is 0 Å². The predicted molar refractivity (Wildman–Crippen MR) is 84.5 cm³/mol. The molecule has 22 heavy (non-hydrogen) atoms. The molecule has 2 saturated heterocycles. The number of thioether (sulfide) groups is 1. The molecule has 6 nitrogen and oxygen atoms in total. The molecular weight excluding hydrogens is 302 g/mol. The number of hydrogen-bond donors (Lipinski definition) is 2. The van der Waals surface area contributed by atoms with Gasteiger partial charge < -0.3 is 14.9 Å². The maximum atomic E-state index is 12.1. The number of fused-ring (bicyclic) bond motifs is 1. The summed E-state index contributed by atoms with van der Waals surface area (Å²) in [5, 5.41) is 17.4. The zero-order chi connectivity index (χ0) is 15.9. The van der Waals surface area contributed by atoms with Crippen molar-refractivity contribution in [1.29, 1.82) is 5.41 Å². The van der Waals surface area contributed by atoms with E-state index in [2.05, 4.69) is 0 Å². The van der Waals surface area contributed by atoms with Crippen molar-refractivity contribution in [2.45, 2.75) is 43.6 Å². The first-order valence-electron chi connectivity index (χ1n) is 7.67. The summed E-state index contributed by atoms with van der Waals surface area (Å²) in [5.41, 5.74) is 0.506. The second-order valence-corrected chi connectivity index (χ2v) is 7.55. The molecule has 0 aromatic rings. The van der Waals surface area contributed by atoms with Crippen LogP contribution in [0.1, 0.15) is 26.2 Å². The summed E-state index contributed by atoms with van der Waals surface area (Å²) in [5.74, 6) is -0.496. The molecule has 0 bridgehead atoms. The van der Waals surface area contributed by atoms with Gasteiger partial charge in [0.15, 0.2) is 6.29 Å². The van der Waals surface area contributed by atoms with Gasteiger partial charge in [-0.3, -0.25) is 15.0 Å². The third kappa shape index (κ3) is 2.46. The number of carbonyl (C=O) groups excluding carboxylic acids is 2. The van der Waals surface area contributed by atoms with E-state index in [0.29, 0.717) is 17.4 Å². The van der Waals surface area contributed by atoms with E-state index < -0.39 is 6.10 Å². The number of likely N-dealkylation sites (tertiary alicyclic amines) is 1. The molecule has 120 valence electrons. The maximum absolute atomic E-state index is 12.1. The molecule has 0 radical (unpaired) electrons. The fourth-order valence-electron chi connectivity index (χ4n) is 3.59. The summed E-state index contributed by atoms with van der Waals surface area (Å²) in [4.78, 5) is 28.1. The van der Waals surface area contributed by atoms with Crippen molar-refractivity contribution in [3.63, 3.8) is 0 Å². The number of piperidine rings is 1. The number of aliphatic hydroxyl groups excluding tert-OH is 1. The molecule has 2 unspecified atom stereocenters. The molecule has 0 aliphatic carbocycles. The number of nitrogens with one attached hydrogen (secondary N) is 1. The summed E-state index contributed by atoms with van der Waals surface area (Å²) < 4.78 is 0. The summed E-state index contributed by atoms with van der Waals surface area (Å²) in [7, 11) is 0. The fourth-order valence-corrected chi connectivity index (χ4v) is 4.98. The van der Waals surface area contributed by atoms with Gasteiger partial charge in [-0.15, -0.1) is 11.8 Å². The molecule has 3 rings (SSSR count). The highest BCUT2D eigenvalue weighted by atomic mass is 32.2. The van der Waals surface area contributed by atoms with Crippen molar-refractivity contribution in [3.8, 4) is 0 Å². The first-order valence-corrected chi connectivity index (χ1v) is 8.55. The number of β-lactam (4-membered cyclic amide) rings is 1. The van der Waals surface area contributed by atoms with Gasteiger partial charge in [0.2, 0.25) is 5.91 Å². The number of rotatable bonds is 5. The van der Waals surface area contributed by atoms with Gasteiger partial charge in [0.25, 0.3) is 0 Å². The number of nitrogens with zero attached hydrogens (tertiary/aromatic N) is 2. The van der Waals surface area contributed by atoms with Crippen molar-refractivity contribution in [1.82, 2.24) is 9.80 Å². The first-order chi connectivity index (χ1) is 10.6. The lowest BCUT2D eigenvalue weighted by molar-refractivity contribution is -0.158. The van der Waals surface area contributed by atoms with Crippen LogP contribution < -0.4 is 0 Å². The Morgan fingerprint density at radius 1 is 1.41 bits per heavy atom. The summed E-state index contributed by atoms with van der Waals surface area (Å²) >= 11 is 1.71. The molecule has 3 atom stereocenters. The Kier molecular flexibility index (Phi) is 4.27. The van der Waals surface area contributed by atoms with E-state index >= 15 is 0 Å². The second-order valence-electron chi connectivity index (χ2n) is 6.15. The minimum absolute atomic E-state index is 0.0446. The predicted octanol–water partition coefficient (Wildman–Crippen LogP) is 0.813. The Bertz CT molecular complexity index is 526. The molecule has 3 aliphatic rings. The van der Waals surface area contributed by atoms with E-state index in [1.54, 1.807) is 23.6 Å². The number of amides is 1. The van der Waals surface area contributed by atoms with Crippen LogP contribution >= 0.6 is 11.8 Å². The van der Waals surface area contributed by atoms with E-state index in [9.17, 15) is 14.7 Å². The second kappa shape index (κ2) is 6.04. The Balaban J connectivity index is 1.67. The third-order valence-electron chi connectivity index (χ3n) is 4.81. The van der Waals surface area contributed by atoms with Crippen molar-refractivity contribution in [3.05, 3.63) is 10.6 Å². The maximum Gasteiger partial charge on any atom is 0.235 e. The molecule has 0 spiro atoms. The van der Waals surface area contributed by atoms with Gasteiger partial charge in [-0.05, 0) is 19.8 Å². The molecule has 2 fully saturated rings. The highest BCUT2D eigenvalue weighted by Gasteiger charge is 2.55. The Morgan fingerprint density at radius 2 is 2.09 bits per heavy atom. The summed E-state index contributed by atoms with van der Waals surface area (Å²) in [6, 6.07) is -0.0446. The van der Waals surface area contributed by atoms with E-state index in [0.717, 1.165) is 37.1 Å². The standard InChI is InChI=1S/C15H21N3O3S/c1-9(20)14-11-6-13(12(7-19)18(11)15(14)21)22-10-2-4-17(8-16)5-3-10/h7-11,14,16,20H,2-6H2,1H3/t9?,11-,14?/m1/s1. The van der Waals surface area contributed by atoms with Gasteiger partial charge in [0, 0.05) is 29.7 Å². The van der Waals surface area contributed by atoms with Crippen molar-refractivity contribution >= 4 is 30.3 Å². The van der Waals surface area contributed by atoms with Crippen molar-refractivity contribution in [2.75, 3.05) is 13.1 Å². The quantitative estimate of drug-likeness (QED) is 0.338. The van der Waals surface area contributed by atoms with Gasteiger partial charge in [0.05, 0.1) is 30.1 Å². The van der Waals surface area contributed by atoms with Crippen LogP contribution in [0.15, 0.2) is 10.6 Å². The summed E-state index contributed by atoms with van der Waals surface area (Å²) in [6.07, 6.45) is 4.14. The van der Waals surface area contributed by atoms with E-state index in [1.807, 2.05) is 4.90 Å². The number of aldehydes is 1. The van der Waals surface area contributed by atoms with Crippen LogP contribution in [0.25, 0.3) is 0 Å². The number of aliphatic hydroxyl groups is 1. The number of hydrogen-bond acceptors (Lipinski definition) is 5. The molecule has 3 aliphatic heterocycles. The molecule has 0 aromatic carbocycles. The highest BCUT2D eigenvalue weighted by Crippen LogP contribution is 2.48. The average Bonchev–Trinajstić information content (AvgIpc) is 2.81. The first kappa shape index (κ1) is 15.6. The molecule has 0 aromatic heterocycles. The molecular formula is C15H21N3O3S. The van der Waals surface area contributed by atoms with Crippen LogP contribution in [0.4, 0.5) is 0 Å². The van der Waals surface area contributed by atoms with Gasteiger partial charge >= 0.3 is 0 Å². The average molecular weight is 323 g/mol. The van der Waals surface area contributed by atoms with E-state index in [4.69, 9.17) is 5.41 Å². The van der Waals surface area contributed by atoms with Crippen molar-refractivity contribution < 1.29 is 14.7 Å². The number of allylic oxidation sites excluding steroid dienone is 1. The van der Waals surface area contributed by atoms with Crippen LogP contribution in [-0.4, -0.2) is 63.9 Å². The zero-order valence-electron chi connectivity index (χ0n) is 12.6. The SMILES string of the molecule is CC(O)C1C(=O)N2C(C=O)=C(SC3CCN(C=N)CC3)C[C@H]12. The minimum atomic E-state index is -0.665. The summed E-state index contributed by atoms with van der Waals surface area (Å²) in [6.45, 7) is 3.37. The molecule has 0 saturated carbocycles. The minimum Gasteiger partial charge on any atom is -0.393 e. The lowest BCUT2D eigenvalue weighted by atomic mass is 9.83. The highest BCUT2D eigenvalue weighted by molar-refractivity contribution is 8.03. The Morgan fingerprint density at radius 3 is 2.64 bits per heavy atom. The topological polar surface area (TPSA) is 84.7 Å². The van der Waals surface area contributed by atoms with Crippen molar-refractivity contribution in [2.24, 2.45) is 5.92 Å². The van der Waals surface area contributed by atoms with Gasteiger partial charge in [-0.1, -0.05) is 0 Å². The van der Waals surface area contributed by atoms with Gasteiger partial charge in [-0.25, -0.2) is 0 Å². The lowest BCUT2D eigenvalue weighted by Gasteiger charge is -2.44. The van der Waals surface area contributed by atoms with Crippen LogP contribution in [0.2, 0.25) is 0 Å². The molecule has 7 heteroatoms. The number of carbonyl (C=O) groups is 2. The van der Waals surface area contributed by atoms with Gasteiger partial charge in [0.1, 0.15) is 0 Å². The lowest BCUT2D eigenvalue weighted by Crippen LogP contribution is -2.61. The zero-order valence-corrected chi connectivity index (χ0v) is 13.4.